The number of carbonyl (C=O) groups is 2. The van der Waals surface area contributed by atoms with Gasteiger partial charge < -0.3 is 10.2 Å². The maximum atomic E-state index is 15.1. The van der Waals surface area contributed by atoms with E-state index in [0.717, 1.165) is 31.2 Å². The number of amides is 2. The molecule has 1 N–H and O–H groups in total. The number of halogens is 8. The lowest BCUT2D eigenvalue weighted by Crippen LogP contribution is -2.58. The van der Waals surface area contributed by atoms with Crippen molar-refractivity contribution >= 4 is 31.5 Å². The summed E-state index contributed by atoms with van der Waals surface area (Å²) in [5, 5.41) is 2.54. The molecular formula is C30H30F8N2O6S2. The van der Waals surface area contributed by atoms with Crippen molar-refractivity contribution in [2.75, 3.05) is 18.1 Å². The van der Waals surface area contributed by atoms with Crippen LogP contribution in [0.3, 0.4) is 0 Å². The van der Waals surface area contributed by atoms with Gasteiger partial charge in [0.2, 0.25) is 11.8 Å². The number of likely N-dealkylation sites (tertiary alicyclic amines) is 1. The van der Waals surface area contributed by atoms with E-state index >= 15 is 4.39 Å². The molecule has 1 unspecified atom stereocenters. The molecule has 2 aliphatic heterocycles. The first kappa shape index (κ1) is 36.0. The van der Waals surface area contributed by atoms with Crippen LogP contribution in [-0.4, -0.2) is 76.0 Å². The molecule has 0 saturated carbocycles. The average molecular weight is 731 g/mol. The standard InChI is InChI=1S/C30H30F8N2O6S2/c1-17(41)39-25(18-10-14-47(43,44)15-11-18)26(42)40-13-12-27(48(45,46)22-6-4-21(31)5-7-22)23-8-3-20(16-19(23)2-9-24(27)40)28(32,29(33,34)35)30(36,37)38/h3-8,16,18,24-25H,2,9-15H2,1H3,(H,39,41)/t24-,25?,27-/m1/s1. The predicted molar refractivity (Wildman–Crippen MR) is 154 cm³/mol. The van der Waals surface area contributed by atoms with Crippen LogP contribution in [0.25, 0.3) is 0 Å². The third-order valence-corrected chi connectivity index (χ3v) is 13.9. The molecule has 2 aromatic rings. The Morgan fingerprint density at radius 3 is 2.06 bits per heavy atom. The first-order valence-electron chi connectivity index (χ1n) is 14.8. The first-order chi connectivity index (χ1) is 22.1. The summed E-state index contributed by atoms with van der Waals surface area (Å²) in [5.41, 5.74) is -8.12. The second-order valence-electron chi connectivity index (χ2n) is 12.4. The fourth-order valence-electron chi connectivity index (χ4n) is 7.34. The zero-order valence-corrected chi connectivity index (χ0v) is 26.8. The second-order valence-corrected chi connectivity index (χ2v) is 16.9. The number of carbonyl (C=O) groups excluding carboxylic acids is 2. The number of sulfone groups is 2. The van der Waals surface area contributed by atoms with Gasteiger partial charge in [-0.3, -0.25) is 9.59 Å². The van der Waals surface area contributed by atoms with Crippen molar-refractivity contribution in [3.05, 3.63) is 65.0 Å². The van der Waals surface area contributed by atoms with Gasteiger partial charge in [0.05, 0.1) is 22.4 Å². The largest absolute Gasteiger partial charge is 0.435 e. The van der Waals surface area contributed by atoms with Gasteiger partial charge in [0, 0.05) is 19.0 Å². The van der Waals surface area contributed by atoms with Gasteiger partial charge in [0.1, 0.15) is 26.4 Å². The van der Waals surface area contributed by atoms with Crippen LogP contribution >= 0.6 is 0 Å². The molecule has 2 aromatic carbocycles. The normalized spacial score (nSPS) is 24.0. The monoisotopic (exact) mass is 730 g/mol. The minimum atomic E-state index is -6.41. The molecule has 48 heavy (non-hydrogen) atoms. The Hall–Kier alpha value is -3.28. The lowest BCUT2D eigenvalue weighted by Gasteiger charge is -2.44. The maximum absolute atomic E-state index is 15.1. The molecule has 0 bridgehead atoms. The number of alkyl halides is 7. The van der Waals surface area contributed by atoms with Gasteiger partial charge in [-0.1, -0.05) is 18.2 Å². The fraction of sp³-hybridized carbons (Fsp3) is 0.533. The molecule has 2 amide bonds. The Morgan fingerprint density at radius 2 is 1.52 bits per heavy atom. The molecule has 0 spiro atoms. The smallest absolute Gasteiger partial charge is 0.344 e. The van der Waals surface area contributed by atoms with Crippen molar-refractivity contribution in [2.45, 2.75) is 78.8 Å². The molecule has 2 fully saturated rings. The number of aryl methyl sites for hydroxylation is 1. The Bertz CT molecular complexity index is 1800. The Labute approximate surface area is 270 Å². The SMILES string of the molecule is CC(=O)NC(C(=O)N1CC[C@@]2(S(=O)(=O)c3ccc(F)cc3)c3ccc(C(F)(C(F)(F)F)C(F)(F)F)cc3CC[C@@H]12)C1CCS(=O)(=O)CC1. The quantitative estimate of drug-likeness (QED) is 0.342. The van der Waals surface area contributed by atoms with Gasteiger partial charge in [-0.15, -0.1) is 0 Å². The van der Waals surface area contributed by atoms with Crippen LogP contribution in [0.15, 0.2) is 47.4 Å². The van der Waals surface area contributed by atoms with Gasteiger partial charge in [0.15, 0.2) is 9.84 Å². The molecule has 0 aromatic heterocycles. The minimum absolute atomic E-state index is 0.0194. The van der Waals surface area contributed by atoms with E-state index < -0.39 is 95.0 Å². The van der Waals surface area contributed by atoms with Gasteiger partial charge >= 0.3 is 18.0 Å². The molecule has 2 saturated heterocycles. The highest BCUT2D eigenvalue weighted by molar-refractivity contribution is 7.92. The van der Waals surface area contributed by atoms with Gasteiger partial charge in [-0.2, -0.15) is 26.3 Å². The van der Waals surface area contributed by atoms with Crippen molar-refractivity contribution in [3.8, 4) is 0 Å². The molecule has 264 valence electrons. The van der Waals surface area contributed by atoms with Crippen LogP contribution in [0.4, 0.5) is 35.1 Å². The van der Waals surface area contributed by atoms with Gasteiger partial charge in [0.25, 0.3) is 0 Å². The van der Waals surface area contributed by atoms with E-state index in [1.54, 1.807) is 0 Å². The zero-order valence-electron chi connectivity index (χ0n) is 25.2. The van der Waals surface area contributed by atoms with E-state index in [9.17, 15) is 57.2 Å². The Morgan fingerprint density at radius 1 is 0.938 bits per heavy atom. The highest BCUT2D eigenvalue weighted by Gasteiger charge is 2.74. The molecule has 18 heteroatoms. The van der Waals surface area contributed by atoms with Crippen LogP contribution < -0.4 is 5.32 Å². The number of nitrogens with zero attached hydrogens (tertiary/aromatic N) is 1. The van der Waals surface area contributed by atoms with E-state index in [0.29, 0.717) is 12.1 Å². The summed E-state index contributed by atoms with van der Waals surface area (Å²) in [7, 11) is -8.10. The van der Waals surface area contributed by atoms with Gasteiger partial charge in [-0.25, -0.2) is 25.6 Å². The summed E-state index contributed by atoms with van der Waals surface area (Å²) in [6.07, 6.45) is -13.8. The lowest BCUT2D eigenvalue weighted by molar-refractivity contribution is -0.348. The molecule has 8 nitrogen and oxygen atoms in total. The maximum Gasteiger partial charge on any atom is 0.435 e. The van der Waals surface area contributed by atoms with Crippen LogP contribution in [0.2, 0.25) is 0 Å². The highest BCUT2D eigenvalue weighted by Crippen LogP contribution is 2.57. The number of benzene rings is 2. The van der Waals surface area contributed by atoms with Crippen molar-refractivity contribution in [2.24, 2.45) is 5.92 Å². The Kier molecular flexibility index (Phi) is 8.96. The van der Waals surface area contributed by atoms with Crippen LogP contribution in [0, 0.1) is 11.7 Å². The predicted octanol–water partition coefficient (Wildman–Crippen LogP) is 4.66. The third kappa shape index (κ3) is 5.75. The number of nitrogens with one attached hydrogen (secondary N) is 1. The second kappa shape index (κ2) is 11.9. The lowest BCUT2D eigenvalue weighted by atomic mass is 9.76. The summed E-state index contributed by atoms with van der Waals surface area (Å²) >= 11 is 0. The van der Waals surface area contributed by atoms with Crippen molar-refractivity contribution < 1.29 is 61.5 Å². The zero-order chi connectivity index (χ0) is 35.7. The van der Waals surface area contributed by atoms with E-state index in [1.807, 2.05) is 0 Å². The number of rotatable bonds is 6. The molecule has 0 radical (unpaired) electrons. The summed E-state index contributed by atoms with van der Waals surface area (Å²) in [4.78, 5) is 27.1. The number of hydrogen-bond donors (Lipinski definition) is 1. The van der Waals surface area contributed by atoms with Crippen molar-refractivity contribution in [3.63, 3.8) is 0 Å². The molecular weight excluding hydrogens is 700 g/mol. The van der Waals surface area contributed by atoms with E-state index in [2.05, 4.69) is 5.32 Å². The summed E-state index contributed by atoms with van der Waals surface area (Å²) in [6, 6.07) is 2.31. The number of fused-ring (bicyclic) bond motifs is 3. The topological polar surface area (TPSA) is 118 Å². The summed E-state index contributed by atoms with van der Waals surface area (Å²) in [6.45, 7) is 0.846. The van der Waals surface area contributed by atoms with Crippen LogP contribution in [0.1, 0.15) is 49.3 Å². The summed E-state index contributed by atoms with van der Waals surface area (Å²) in [5.74, 6) is -3.32. The highest BCUT2D eigenvalue weighted by atomic mass is 32.2. The van der Waals surface area contributed by atoms with E-state index in [-0.39, 0.29) is 60.9 Å². The van der Waals surface area contributed by atoms with Gasteiger partial charge in [-0.05, 0) is 73.4 Å². The molecule has 2 heterocycles. The molecule has 1 aliphatic carbocycles. The summed E-state index contributed by atoms with van der Waals surface area (Å²) < 4.78 is 162. The average Bonchev–Trinajstić information content (AvgIpc) is 3.40. The van der Waals surface area contributed by atoms with Crippen LogP contribution in [0.5, 0.6) is 0 Å². The number of hydrogen-bond acceptors (Lipinski definition) is 6. The molecule has 3 aliphatic rings. The van der Waals surface area contributed by atoms with E-state index in [1.165, 1.54) is 4.90 Å². The van der Waals surface area contributed by atoms with Crippen LogP contribution in [-0.2, 0) is 46.1 Å². The van der Waals surface area contributed by atoms with E-state index in [4.69, 9.17) is 0 Å². The third-order valence-electron chi connectivity index (χ3n) is 9.65. The Balaban J connectivity index is 1.65. The minimum Gasteiger partial charge on any atom is -0.344 e. The first-order valence-corrected chi connectivity index (χ1v) is 18.1. The van der Waals surface area contributed by atoms with Crippen molar-refractivity contribution in [1.82, 2.24) is 10.2 Å². The molecule has 3 atom stereocenters. The van der Waals surface area contributed by atoms with Crippen molar-refractivity contribution in [1.29, 1.82) is 0 Å². The fourth-order valence-corrected chi connectivity index (χ4v) is 11.2. The molecule has 5 rings (SSSR count).